The highest BCUT2D eigenvalue weighted by molar-refractivity contribution is 5.77. The maximum Gasteiger partial charge on any atom is 0.257 e. The Hall–Kier alpha value is -1.51. The fourth-order valence-corrected chi connectivity index (χ4v) is 2.02. The van der Waals surface area contributed by atoms with Gasteiger partial charge in [-0.3, -0.25) is 4.79 Å². The lowest BCUT2D eigenvalue weighted by Crippen LogP contribution is -2.24. The van der Waals surface area contributed by atoms with Crippen LogP contribution in [-0.2, 0) is 17.6 Å². The third kappa shape index (κ3) is 2.54. The molecule has 1 N–H and O–H groups in total. The van der Waals surface area contributed by atoms with Crippen molar-refractivity contribution in [2.24, 2.45) is 0 Å². The van der Waals surface area contributed by atoms with Crippen LogP contribution in [-0.4, -0.2) is 19.6 Å². The first-order chi connectivity index (χ1) is 7.79. The number of hydrogen-bond donors (Lipinski definition) is 1. The lowest BCUT2D eigenvalue weighted by Gasteiger charge is -2.16. The Bertz CT molecular complexity index is 388. The molecular formula is C13H17NO2. The zero-order valence-corrected chi connectivity index (χ0v) is 9.58. The van der Waals surface area contributed by atoms with E-state index in [4.69, 9.17) is 4.74 Å². The van der Waals surface area contributed by atoms with E-state index in [1.54, 1.807) is 7.05 Å². The Morgan fingerprint density at radius 1 is 1.31 bits per heavy atom. The van der Waals surface area contributed by atoms with E-state index in [0.717, 1.165) is 12.2 Å². The molecule has 0 atom stereocenters. The zero-order valence-electron chi connectivity index (χ0n) is 9.58. The number of ether oxygens (including phenoxy) is 1. The number of aryl methyl sites for hydroxylation is 2. The molecule has 2 rings (SSSR count). The summed E-state index contributed by atoms with van der Waals surface area (Å²) in [5.74, 6) is 0.696. The molecule has 0 radical (unpaired) electrons. The van der Waals surface area contributed by atoms with Crippen molar-refractivity contribution in [2.45, 2.75) is 25.7 Å². The Labute approximate surface area is 95.8 Å². The molecule has 1 aliphatic carbocycles. The Morgan fingerprint density at radius 3 is 2.81 bits per heavy atom. The molecule has 0 saturated carbocycles. The number of fused-ring (bicyclic) bond motifs is 1. The van der Waals surface area contributed by atoms with Gasteiger partial charge in [0.1, 0.15) is 5.75 Å². The van der Waals surface area contributed by atoms with Gasteiger partial charge in [-0.1, -0.05) is 6.07 Å². The Balaban J connectivity index is 2.03. The number of hydrogen-bond acceptors (Lipinski definition) is 2. The lowest BCUT2D eigenvalue weighted by atomic mass is 9.92. The summed E-state index contributed by atoms with van der Waals surface area (Å²) in [6.07, 6.45) is 4.84. The van der Waals surface area contributed by atoms with Crippen LogP contribution in [0.25, 0.3) is 0 Å². The molecule has 1 aromatic carbocycles. The van der Waals surface area contributed by atoms with Gasteiger partial charge < -0.3 is 10.1 Å². The van der Waals surface area contributed by atoms with Crippen LogP contribution in [0.4, 0.5) is 0 Å². The van der Waals surface area contributed by atoms with Crippen LogP contribution in [0.3, 0.4) is 0 Å². The average molecular weight is 219 g/mol. The van der Waals surface area contributed by atoms with Crippen LogP contribution in [0, 0.1) is 0 Å². The van der Waals surface area contributed by atoms with Gasteiger partial charge in [0.25, 0.3) is 5.91 Å². The maximum absolute atomic E-state index is 11.0. The smallest absolute Gasteiger partial charge is 0.257 e. The predicted molar refractivity (Wildman–Crippen MR) is 62.6 cm³/mol. The lowest BCUT2D eigenvalue weighted by molar-refractivity contribution is -0.122. The fourth-order valence-electron chi connectivity index (χ4n) is 2.02. The highest BCUT2D eigenvalue weighted by atomic mass is 16.5. The number of rotatable bonds is 3. The third-order valence-corrected chi connectivity index (χ3v) is 2.97. The van der Waals surface area contributed by atoms with E-state index in [1.807, 2.05) is 6.07 Å². The second-order valence-electron chi connectivity index (χ2n) is 4.10. The summed E-state index contributed by atoms with van der Waals surface area (Å²) in [7, 11) is 1.61. The van der Waals surface area contributed by atoms with Gasteiger partial charge in [0.05, 0.1) is 0 Å². The molecule has 86 valence electrons. The van der Waals surface area contributed by atoms with Gasteiger partial charge in [-0.25, -0.2) is 0 Å². The van der Waals surface area contributed by atoms with E-state index in [1.165, 1.54) is 30.4 Å². The van der Waals surface area contributed by atoms with E-state index in [9.17, 15) is 4.79 Å². The standard InChI is InChI=1S/C13H17NO2/c1-14-13(15)9-16-12-7-6-10-4-2-3-5-11(10)8-12/h6-8H,2-5,9H2,1H3,(H,14,15). The highest BCUT2D eigenvalue weighted by Crippen LogP contribution is 2.25. The highest BCUT2D eigenvalue weighted by Gasteiger charge is 2.10. The van der Waals surface area contributed by atoms with Gasteiger partial charge in [0, 0.05) is 7.05 Å². The molecule has 0 bridgehead atoms. The first-order valence-corrected chi connectivity index (χ1v) is 5.75. The maximum atomic E-state index is 11.0. The van der Waals surface area contributed by atoms with Crippen LogP contribution in [0.1, 0.15) is 24.0 Å². The van der Waals surface area contributed by atoms with Crippen molar-refractivity contribution in [3.05, 3.63) is 29.3 Å². The van der Waals surface area contributed by atoms with Crippen molar-refractivity contribution in [1.29, 1.82) is 0 Å². The van der Waals surface area contributed by atoms with Crippen molar-refractivity contribution < 1.29 is 9.53 Å². The number of amides is 1. The molecule has 0 aliphatic heterocycles. The molecular weight excluding hydrogens is 202 g/mol. The molecule has 0 fully saturated rings. The summed E-state index contributed by atoms with van der Waals surface area (Å²) in [6.45, 7) is 0.0925. The third-order valence-electron chi connectivity index (χ3n) is 2.97. The minimum absolute atomic E-state index is 0.0925. The normalized spacial score (nSPS) is 14.1. The van der Waals surface area contributed by atoms with Crippen LogP contribution in [0.15, 0.2) is 18.2 Å². The van der Waals surface area contributed by atoms with E-state index in [-0.39, 0.29) is 12.5 Å². The summed E-state index contributed by atoms with van der Waals surface area (Å²) >= 11 is 0. The summed E-state index contributed by atoms with van der Waals surface area (Å²) in [4.78, 5) is 11.0. The van der Waals surface area contributed by atoms with E-state index < -0.39 is 0 Å². The molecule has 0 saturated heterocycles. The number of carbonyl (C=O) groups excluding carboxylic acids is 1. The summed E-state index contributed by atoms with van der Waals surface area (Å²) in [6, 6.07) is 6.14. The molecule has 0 heterocycles. The molecule has 1 aliphatic rings. The van der Waals surface area contributed by atoms with Crippen LogP contribution >= 0.6 is 0 Å². The predicted octanol–water partition coefficient (Wildman–Crippen LogP) is 1.69. The van der Waals surface area contributed by atoms with Crippen molar-refractivity contribution in [1.82, 2.24) is 5.32 Å². The summed E-state index contributed by atoms with van der Waals surface area (Å²) in [5.41, 5.74) is 2.80. The van der Waals surface area contributed by atoms with Crippen molar-refractivity contribution >= 4 is 5.91 Å². The number of nitrogens with one attached hydrogen (secondary N) is 1. The Morgan fingerprint density at radius 2 is 2.06 bits per heavy atom. The first kappa shape index (κ1) is 11.0. The van der Waals surface area contributed by atoms with Crippen LogP contribution < -0.4 is 10.1 Å². The molecule has 0 aromatic heterocycles. The van der Waals surface area contributed by atoms with Gasteiger partial charge in [-0.15, -0.1) is 0 Å². The second kappa shape index (κ2) is 5.01. The van der Waals surface area contributed by atoms with E-state index >= 15 is 0 Å². The van der Waals surface area contributed by atoms with Gasteiger partial charge in [-0.2, -0.15) is 0 Å². The topological polar surface area (TPSA) is 38.3 Å². The second-order valence-corrected chi connectivity index (χ2v) is 4.10. The molecule has 0 spiro atoms. The molecule has 3 nitrogen and oxygen atoms in total. The number of carbonyl (C=O) groups is 1. The van der Waals surface area contributed by atoms with Gasteiger partial charge in [0.2, 0.25) is 0 Å². The molecule has 1 amide bonds. The van der Waals surface area contributed by atoms with E-state index in [0.29, 0.717) is 0 Å². The monoisotopic (exact) mass is 219 g/mol. The minimum Gasteiger partial charge on any atom is -0.484 e. The summed E-state index contributed by atoms with van der Waals surface area (Å²) in [5, 5.41) is 2.53. The van der Waals surface area contributed by atoms with Gasteiger partial charge >= 0.3 is 0 Å². The summed E-state index contributed by atoms with van der Waals surface area (Å²) < 4.78 is 5.41. The van der Waals surface area contributed by atoms with Crippen LogP contribution in [0.5, 0.6) is 5.75 Å². The van der Waals surface area contributed by atoms with E-state index in [2.05, 4.69) is 17.4 Å². The quantitative estimate of drug-likeness (QED) is 0.840. The largest absolute Gasteiger partial charge is 0.484 e. The zero-order chi connectivity index (χ0) is 11.4. The molecule has 1 aromatic rings. The average Bonchev–Trinajstić information content (AvgIpc) is 2.35. The van der Waals surface area contributed by atoms with Crippen molar-refractivity contribution in [3.8, 4) is 5.75 Å². The van der Waals surface area contributed by atoms with Crippen molar-refractivity contribution in [2.75, 3.05) is 13.7 Å². The van der Waals surface area contributed by atoms with Gasteiger partial charge in [-0.05, 0) is 48.9 Å². The Kier molecular flexibility index (Phi) is 3.44. The number of benzene rings is 1. The molecule has 16 heavy (non-hydrogen) atoms. The first-order valence-electron chi connectivity index (χ1n) is 5.75. The van der Waals surface area contributed by atoms with Gasteiger partial charge in [0.15, 0.2) is 6.61 Å². The number of likely N-dealkylation sites (N-methyl/N-ethyl adjacent to an activating group) is 1. The molecule has 0 unspecified atom stereocenters. The molecule has 3 heteroatoms. The fraction of sp³-hybridized carbons (Fsp3) is 0.462. The minimum atomic E-state index is -0.0993. The van der Waals surface area contributed by atoms with Crippen LogP contribution in [0.2, 0.25) is 0 Å². The van der Waals surface area contributed by atoms with Crippen molar-refractivity contribution in [3.63, 3.8) is 0 Å². The SMILES string of the molecule is CNC(=O)COc1ccc2c(c1)CCCC2.